The smallest absolute Gasteiger partial charge is 0.326 e. The van der Waals surface area contributed by atoms with Crippen LogP contribution in [0.2, 0.25) is 5.02 Å². The van der Waals surface area contributed by atoms with Crippen LogP contribution in [0.5, 0.6) is 5.75 Å². The molecular weight excluding hydrogens is 372 g/mol. The fraction of sp³-hybridized carbons (Fsp3) is 0.526. The molecule has 1 saturated heterocycles. The van der Waals surface area contributed by atoms with E-state index in [2.05, 4.69) is 5.32 Å². The number of carbonyl (C=O) groups is 3. The summed E-state index contributed by atoms with van der Waals surface area (Å²) in [6.45, 7) is 3.67. The van der Waals surface area contributed by atoms with E-state index in [9.17, 15) is 14.4 Å². The number of esters is 1. The SMILES string of the molecule is CCCC1(CCC)NC(=O)N(CC(=O)OCCOc2ccc(Cl)cc2)C1=O. The highest BCUT2D eigenvalue weighted by Crippen LogP contribution is 2.27. The first-order valence-electron chi connectivity index (χ1n) is 9.10. The number of benzene rings is 1. The fourth-order valence-corrected chi connectivity index (χ4v) is 3.28. The van der Waals surface area contributed by atoms with E-state index in [-0.39, 0.29) is 19.1 Å². The molecule has 0 aromatic heterocycles. The molecule has 1 aliphatic heterocycles. The van der Waals surface area contributed by atoms with E-state index in [0.717, 1.165) is 17.7 Å². The maximum atomic E-state index is 12.7. The molecule has 27 heavy (non-hydrogen) atoms. The summed E-state index contributed by atoms with van der Waals surface area (Å²) in [6.07, 6.45) is 2.61. The van der Waals surface area contributed by atoms with E-state index in [4.69, 9.17) is 21.1 Å². The Morgan fingerprint density at radius 3 is 2.33 bits per heavy atom. The number of hydrogen-bond donors (Lipinski definition) is 1. The number of nitrogens with one attached hydrogen (secondary N) is 1. The fourth-order valence-electron chi connectivity index (χ4n) is 3.16. The number of carbonyl (C=O) groups excluding carboxylic acids is 3. The van der Waals surface area contributed by atoms with E-state index < -0.39 is 24.1 Å². The zero-order valence-electron chi connectivity index (χ0n) is 15.6. The first kappa shape index (κ1) is 21.0. The quantitative estimate of drug-likeness (QED) is 0.373. The summed E-state index contributed by atoms with van der Waals surface area (Å²) < 4.78 is 10.5. The Bertz CT molecular complexity index is 671. The molecule has 1 aromatic rings. The van der Waals surface area contributed by atoms with Crippen molar-refractivity contribution in [3.8, 4) is 5.75 Å². The van der Waals surface area contributed by atoms with Crippen LogP contribution in [0.25, 0.3) is 0 Å². The third-order valence-corrected chi connectivity index (χ3v) is 4.57. The Kier molecular flexibility index (Phi) is 7.47. The zero-order valence-corrected chi connectivity index (χ0v) is 16.4. The van der Waals surface area contributed by atoms with E-state index in [0.29, 0.717) is 23.6 Å². The Hall–Kier alpha value is -2.28. The van der Waals surface area contributed by atoms with Crippen molar-refractivity contribution in [3.63, 3.8) is 0 Å². The Morgan fingerprint density at radius 2 is 1.74 bits per heavy atom. The van der Waals surface area contributed by atoms with Crippen molar-refractivity contribution in [2.75, 3.05) is 19.8 Å². The third kappa shape index (κ3) is 5.35. The van der Waals surface area contributed by atoms with Crippen LogP contribution in [0.4, 0.5) is 4.79 Å². The van der Waals surface area contributed by atoms with Gasteiger partial charge in [0.15, 0.2) is 0 Å². The third-order valence-electron chi connectivity index (χ3n) is 4.32. The van der Waals surface area contributed by atoms with Crippen molar-refractivity contribution in [2.45, 2.75) is 45.1 Å². The normalized spacial score (nSPS) is 15.6. The number of nitrogens with zero attached hydrogens (tertiary/aromatic N) is 1. The van der Waals surface area contributed by atoms with Gasteiger partial charge in [-0.1, -0.05) is 38.3 Å². The minimum absolute atomic E-state index is 0.0141. The van der Waals surface area contributed by atoms with Crippen molar-refractivity contribution >= 4 is 29.5 Å². The second-order valence-corrected chi connectivity index (χ2v) is 6.86. The number of halogens is 1. The number of urea groups is 1. The molecule has 3 amide bonds. The summed E-state index contributed by atoms with van der Waals surface area (Å²) in [5.74, 6) is -0.402. The van der Waals surface area contributed by atoms with Gasteiger partial charge < -0.3 is 14.8 Å². The molecule has 1 fully saturated rings. The van der Waals surface area contributed by atoms with Crippen LogP contribution in [0.1, 0.15) is 39.5 Å². The monoisotopic (exact) mass is 396 g/mol. The second-order valence-electron chi connectivity index (χ2n) is 6.43. The molecule has 1 aliphatic rings. The predicted molar refractivity (Wildman–Crippen MR) is 101 cm³/mol. The molecule has 148 valence electrons. The van der Waals surface area contributed by atoms with Crippen LogP contribution < -0.4 is 10.1 Å². The second kappa shape index (κ2) is 9.60. The van der Waals surface area contributed by atoms with Gasteiger partial charge in [-0.15, -0.1) is 0 Å². The topological polar surface area (TPSA) is 84.9 Å². The molecule has 7 nitrogen and oxygen atoms in total. The number of rotatable bonds is 10. The maximum Gasteiger partial charge on any atom is 0.326 e. The molecule has 8 heteroatoms. The van der Waals surface area contributed by atoms with Crippen molar-refractivity contribution < 1.29 is 23.9 Å². The van der Waals surface area contributed by atoms with Crippen LogP contribution in [-0.4, -0.2) is 48.1 Å². The molecule has 2 rings (SSSR count). The lowest BCUT2D eigenvalue weighted by Crippen LogP contribution is -2.47. The van der Waals surface area contributed by atoms with Crippen molar-refractivity contribution in [1.29, 1.82) is 0 Å². The van der Waals surface area contributed by atoms with E-state index >= 15 is 0 Å². The van der Waals surface area contributed by atoms with Crippen LogP contribution in [0.15, 0.2) is 24.3 Å². The van der Waals surface area contributed by atoms with Crippen LogP contribution in [-0.2, 0) is 14.3 Å². The Balaban J connectivity index is 1.81. The largest absolute Gasteiger partial charge is 0.490 e. The summed E-state index contributed by atoms with van der Waals surface area (Å²) in [5, 5.41) is 3.36. The molecule has 0 atom stereocenters. The van der Waals surface area contributed by atoms with Gasteiger partial charge in [0, 0.05) is 5.02 Å². The lowest BCUT2D eigenvalue weighted by Gasteiger charge is -2.25. The molecule has 0 spiro atoms. The molecule has 1 N–H and O–H groups in total. The van der Waals surface area contributed by atoms with Gasteiger partial charge in [-0.25, -0.2) is 4.79 Å². The van der Waals surface area contributed by atoms with Gasteiger partial charge in [-0.2, -0.15) is 0 Å². The maximum absolute atomic E-state index is 12.7. The molecule has 1 aromatic carbocycles. The van der Waals surface area contributed by atoms with Gasteiger partial charge in [-0.3, -0.25) is 14.5 Å². The lowest BCUT2D eigenvalue weighted by molar-refractivity contribution is -0.148. The Morgan fingerprint density at radius 1 is 1.11 bits per heavy atom. The number of hydrogen-bond acceptors (Lipinski definition) is 5. The van der Waals surface area contributed by atoms with E-state index in [1.165, 1.54) is 0 Å². The summed E-state index contributed by atoms with van der Waals surface area (Å²) in [7, 11) is 0. The summed E-state index contributed by atoms with van der Waals surface area (Å²) in [6, 6.07) is 6.26. The molecule has 0 saturated carbocycles. The molecule has 0 radical (unpaired) electrons. The van der Waals surface area contributed by atoms with Crippen LogP contribution in [0, 0.1) is 0 Å². The summed E-state index contributed by atoms with van der Waals surface area (Å²) >= 11 is 5.79. The highest BCUT2D eigenvalue weighted by Gasteiger charge is 2.50. The minimum Gasteiger partial charge on any atom is -0.490 e. The molecule has 1 heterocycles. The standard InChI is InChI=1S/C19H25ClN2O5/c1-3-9-19(10-4-2)17(24)22(18(25)21-19)13-16(23)27-12-11-26-15-7-5-14(20)6-8-15/h5-8H,3-4,9-13H2,1-2H3,(H,21,25). The van der Waals surface area contributed by atoms with E-state index in [1.807, 2.05) is 13.8 Å². The molecular formula is C19H25ClN2O5. The zero-order chi connectivity index (χ0) is 19.9. The average Bonchev–Trinajstić information content (AvgIpc) is 2.85. The minimum atomic E-state index is -0.904. The molecule has 0 bridgehead atoms. The number of amides is 3. The van der Waals surface area contributed by atoms with E-state index in [1.54, 1.807) is 24.3 Å². The van der Waals surface area contributed by atoms with Crippen molar-refractivity contribution in [2.24, 2.45) is 0 Å². The lowest BCUT2D eigenvalue weighted by atomic mass is 9.88. The Labute approximate surface area is 163 Å². The molecule has 0 aliphatic carbocycles. The summed E-state index contributed by atoms with van der Waals surface area (Å²) in [4.78, 5) is 37.8. The summed E-state index contributed by atoms with van der Waals surface area (Å²) in [5.41, 5.74) is -0.904. The van der Waals surface area contributed by atoms with Gasteiger partial charge in [0.2, 0.25) is 0 Å². The van der Waals surface area contributed by atoms with Gasteiger partial charge in [0.1, 0.15) is 31.0 Å². The highest BCUT2D eigenvalue weighted by atomic mass is 35.5. The van der Waals surface area contributed by atoms with Gasteiger partial charge in [0.05, 0.1) is 0 Å². The molecule has 0 unspecified atom stereocenters. The highest BCUT2D eigenvalue weighted by molar-refractivity contribution is 6.30. The van der Waals surface area contributed by atoms with Gasteiger partial charge in [-0.05, 0) is 37.1 Å². The predicted octanol–water partition coefficient (Wildman–Crippen LogP) is 3.15. The van der Waals surface area contributed by atoms with Gasteiger partial charge >= 0.3 is 12.0 Å². The average molecular weight is 397 g/mol. The number of ether oxygens (including phenoxy) is 2. The first-order chi connectivity index (χ1) is 12.9. The van der Waals surface area contributed by atoms with Crippen molar-refractivity contribution in [1.82, 2.24) is 10.2 Å². The van der Waals surface area contributed by atoms with Crippen molar-refractivity contribution in [3.05, 3.63) is 29.3 Å². The van der Waals surface area contributed by atoms with Crippen LogP contribution in [0.3, 0.4) is 0 Å². The van der Waals surface area contributed by atoms with Gasteiger partial charge in [0.25, 0.3) is 5.91 Å². The number of imide groups is 1. The first-order valence-corrected chi connectivity index (χ1v) is 9.47. The van der Waals surface area contributed by atoms with Crippen LogP contribution >= 0.6 is 11.6 Å².